The summed E-state index contributed by atoms with van der Waals surface area (Å²) >= 11 is 0. The van der Waals surface area contributed by atoms with Crippen LogP contribution in [0.4, 0.5) is 8.78 Å². The molecule has 2 nitrogen and oxygen atoms in total. The van der Waals surface area contributed by atoms with E-state index in [1.54, 1.807) is 6.92 Å². The lowest BCUT2D eigenvalue weighted by Gasteiger charge is -2.25. The zero-order valence-electron chi connectivity index (χ0n) is 11.2. The normalized spacial score (nSPS) is 14.6. The van der Waals surface area contributed by atoms with Crippen LogP contribution >= 0.6 is 0 Å². The van der Waals surface area contributed by atoms with E-state index in [-0.39, 0.29) is 12.0 Å². The number of rotatable bonds is 6. The van der Waals surface area contributed by atoms with Crippen LogP contribution in [0.1, 0.15) is 37.8 Å². The number of aliphatic hydroxyl groups is 1. The van der Waals surface area contributed by atoms with E-state index in [1.807, 2.05) is 6.92 Å². The van der Waals surface area contributed by atoms with Gasteiger partial charge in [0, 0.05) is 0 Å². The van der Waals surface area contributed by atoms with Crippen molar-refractivity contribution in [2.24, 2.45) is 0 Å². The molecule has 1 atom stereocenters. The molecule has 4 heteroatoms. The van der Waals surface area contributed by atoms with Gasteiger partial charge >= 0.3 is 0 Å². The molecule has 0 amide bonds. The van der Waals surface area contributed by atoms with Gasteiger partial charge in [0.15, 0.2) is 0 Å². The fourth-order valence-corrected chi connectivity index (χ4v) is 1.91. The summed E-state index contributed by atoms with van der Waals surface area (Å²) in [7, 11) is 0. The maximum absolute atomic E-state index is 13.9. The molecule has 18 heavy (non-hydrogen) atoms. The fourth-order valence-electron chi connectivity index (χ4n) is 1.91. The Labute approximate surface area is 107 Å². The van der Waals surface area contributed by atoms with E-state index in [1.165, 1.54) is 19.1 Å². The van der Waals surface area contributed by atoms with Gasteiger partial charge in [0.2, 0.25) is 0 Å². The van der Waals surface area contributed by atoms with Gasteiger partial charge in [0.1, 0.15) is 11.6 Å². The van der Waals surface area contributed by atoms with Gasteiger partial charge < -0.3 is 10.4 Å². The highest BCUT2D eigenvalue weighted by Crippen LogP contribution is 2.30. The number of halogens is 2. The number of benzene rings is 1. The van der Waals surface area contributed by atoms with Crippen molar-refractivity contribution in [2.75, 3.05) is 13.1 Å². The van der Waals surface area contributed by atoms with Gasteiger partial charge in [0.25, 0.3) is 0 Å². The molecule has 0 aliphatic heterocycles. The molecule has 0 aromatic heterocycles. The molecule has 0 bridgehead atoms. The zero-order valence-corrected chi connectivity index (χ0v) is 11.2. The minimum Gasteiger partial charge on any atom is -0.385 e. The van der Waals surface area contributed by atoms with E-state index >= 15 is 0 Å². The van der Waals surface area contributed by atoms with Gasteiger partial charge in [-0.25, -0.2) is 8.78 Å². The second-order valence-electron chi connectivity index (χ2n) is 4.83. The van der Waals surface area contributed by atoms with E-state index in [0.717, 1.165) is 13.0 Å². The molecule has 0 fully saturated rings. The molecule has 0 aliphatic carbocycles. The van der Waals surface area contributed by atoms with E-state index < -0.39 is 17.2 Å². The van der Waals surface area contributed by atoms with Crippen molar-refractivity contribution in [3.05, 3.63) is 34.9 Å². The molecule has 102 valence electrons. The van der Waals surface area contributed by atoms with Crippen molar-refractivity contribution in [3.8, 4) is 0 Å². The predicted molar refractivity (Wildman–Crippen MR) is 68.4 cm³/mol. The molecule has 0 spiro atoms. The van der Waals surface area contributed by atoms with Crippen LogP contribution in [-0.2, 0) is 5.60 Å². The first-order valence-corrected chi connectivity index (χ1v) is 6.28. The Morgan fingerprint density at radius 2 is 1.94 bits per heavy atom. The highest BCUT2D eigenvalue weighted by atomic mass is 19.1. The molecule has 1 unspecified atom stereocenters. The maximum Gasteiger partial charge on any atom is 0.135 e. The van der Waals surface area contributed by atoms with Gasteiger partial charge in [-0.15, -0.1) is 0 Å². The second-order valence-corrected chi connectivity index (χ2v) is 4.83. The summed E-state index contributed by atoms with van der Waals surface area (Å²) in [6.45, 7) is 6.39. The monoisotopic (exact) mass is 257 g/mol. The summed E-state index contributed by atoms with van der Waals surface area (Å²) in [6.07, 6.45) is 1.25. The maximum atomic E-state index is 13.9. The average Bonchev–Trinajstić information content (AvgIpc) is 2.30. The summed E-state index contributed by atoms with van der Waals surface area (Å²) in [5.74, 6) is -1.35. The summed E-state index contributed by atoms with van der Waals surface area (Å²) in [4.78, 5) is 0. The van der Waals surface area contributed by atoms with Crippen molar-refractivity contribution in [1.29, 1.82) is 0 Å². The topological polar surface area (TPSA) is 32.3 Å². The van der Waals surface area contributed by atoms with E-state index in [9.17, 15) is 13.9 Å². The third kappa shape index (κ3) is 3.50. The second kappa shape index (κ2) is 6.25. The third-order valence-electron chi connectivity index (χ3n) is 3.04. The summed E-state index contributed by atoms with van der Waals surface area (Å²) in [6, 6.07) is 2.57. The lowest BCUT2D eigenvalue weighted by atomic mass is 9.90. The van der Waals surface area contributed by atoms with Gasteiger partial charge in [-0.1, -0.05) is 13.0 Å². The predicted octanol–water partition coefficient (Wildman–Crippen LogP) is 2.87. The van der Waals surface area contributed by atoms with Gasteiger partial charge in [-0.2, -0.15) is 0 Å². The van der Waals surface area contributed by atoms with Crippen LogP contribution in [0, 0.1) is 18.6 Å². The van der Waals surface area contributed by atoms with Crippen LogP contribution in [0.25, 0.3) is 0 Å². The minimum absolute atomic E-state index is 0.235. The Kier molecular flexibility index (Phi) is 5.23. The van der Waals surface area contributed by atoms with Crippen molar-refractivity contribution in [1.82, 2.24) is 5.32 Å². The SMILES string of the molecule is CCCNCCC(C)(O)c1c(F)ccc(C)c1F. The molecule has 1 aromatic rings. The Hall–Kier alpha value is -1.00. The summed E-state index contributed by atoms with van der Waals surface area (Å²) in [5, 5.41) is 13.4. The highest BCUT2D eigenvalue weighted by molar-refractivity contribution is 5.30. The quantitative estimate of drug-likeness (QED) is 0.768. The molecule has 1 rings (SSSR count). The Morgan fingerprint density at radius 3 is 2.56 bits per heavy atom. The smallest absolute Gasteiger partial charge is 0.135 e. The van der Waals surface area contributed by atoms with Crippen molar-refractivity contribution in [2.45, 2.75) is 39.2 Å². The van der Waals surface area contributed by atoms with E-state index in [4.69, 9.17) is 0 Å². The number of hydrogen-bond donors (Lipinski definition) is 2. The van der Waals surface area contributed by atoms with Gasteiger partial charge in [-0.3, -0.25) is 0 Å². The molecule has 0 radical (unpaired) electrons. The van der Waals surface area contributed by atoms with Crippen LogP contribution in [0.2, 0.25) is 0 Å². The Balaban J connectivity index is 2.87. The van der Waals surface area contributed by atoms with Crippen molar-refractivity contribution < 1.29 is 13.9 Å². The number of hydrogen-bond acceptors (Lipinski definition) is 2. The average molecular weight is 257 g/mol. The minimum atomic E-state index is -1.50. The van der Waals surface area contributed by atoms with Gasteiger partial charge in [-0.05, 0) is 51.4 Å². The van der Waals surface area contributed by atoms with Crippen LogP contribution in [0.15, 0.2) is 12.1 Å². The van der Waals surface area contributed by atoms with Crippen LogP contribution in [0.3, 0.4) is 0 Å². The lowest BCUT2D eigenvalue weighted by Crippen LogP contribution is -2.30. The fraction of sp³-hybridized carbons (Fsp3) is 0.571. The Bertz CT molecular complexity index is 405. The highest BCUT2D eigenvalue weighted by Gasteiger charge is 2.30. The molecule has 0 aliphatic rings. The molecule has 2 N–H and O–H groups in total. The molecular weight excluding hydrogens is 236 g/mol. The first-order valence-electron chi connectivity index (χ1n) is 6.28. The Morgan fingerprint density at radius 1 is 1.28 bits per heavy atom. The van der Waals surface area contributed by atoms with Crippen LogP contribution in [0.5, 0.6) is 0 Å². The molecular formula is C14H21F2NO. The van der Waals surface area contributed by atoms with E-state index in [2.05, 4.69) is 5.32 Å². The lowest BCUT2D eigenvalue weighted by molar-refractivity contribution is 0.0403. The molecule has 1 aromatic carbocycles. The number of aryl methyl sites for hydroxylation is 1. The molecule has 0 saturated carbocycles. The summed E-state index contributed by atoms with van der Waals surface area (Å²) < 4.78 is 27.6. The van der Waals surface area contributed by atoms with Crippen LogP contribution < -0.4 is 5.32 Å². The number of nitrogens with one attached hydrogen (secondary N) is 1. The van der Waals surface area contributed by atoms with E-state index in [0.29, 0.717) is 12.1 Å². The first-order chi connectivity index (χ1) is 8.40. The van der Waals surface area contributed by atoms with Gasteiger partial charge in [0.05, 0.1) is 11.2 Å². The standard InChI is InChI=1S/C14H21F2NO/c1-4-8-17-9-7-14(3,18)12-11(15)6-5-10(2)13(12)16/h5-6,17-18H,4,7-9H2,1-3H3. The zero-order chi connectivity index (χ0) is 13.8. The summed E-state index contributed by atoms with van der Waals surface area (Å²) in [5.41, 5.74) is -1.39. The van der Waals surface area contributed by atoms with Crippen LogP contribution in [-0.4, -0.2) is 18.2 Å². The van der Waals surface area contributed by atoms with Crippen molar-refractivity contribution in [3.63, 3.8) is 0 Å². The van der Waals surface area contributed by atoms with Crippen molar-refractivity contribution >= 4 is 0 Å². The third-order valence-corrected chi connectivity index (χ3v) is 3.04. The first kappa shape index (κ1) is 15.1. The largest absolute Gasteiger partial charge is 0.385 e. The molecule has 0 heterocycles. The molecule has 0 saturated heterocycles.